The summed E-state index contributed by atoms with van der Waals surface area (Å²) in [5, 5.41) is 2.85. The van der Waals surface area contributed by atoms with Gasteiger partial charge in [0.1, 0.15) is 18.6 Å². The molecule has 0 spiro atoms. The molecule has 0 radical (unpaired) electrons. The Labute approximate surface area is 141 Å². The number of para-hydroxylation sites is 1. The van der Waals surface area contributed by atoms with Crippen molar-refractivity contribution < 1.29 is 14.0 Å². The van der Waals surface area contributed by atoms with Gasteiger partial charge in [0.25, 0.3) is 5.91 Å². The molecule has 1 aromatic heterocycles. The van der Waals surface area contributed by atoms with Gasteiger partial charge in [-0.1, -0.05) is 25.1 Å². The predicted molar refractivity (Wildman–Crippen MR) is 92.6 cm³/mol. The number of rotatable bonds is 7. The van der Waals surface area contributed by atoms with Gasteiger partial charge < -0.3 is 20.4 Å². The smallest absolute Gasteiger partial charge is 0.257 e. The quantitative estimate of drug-likeness (QED) is 0.817. The van der Waals surface area contributed by atoms with Gasteiger partial charge in [-0.25, -0.2) is 0 Å². The van der Waals surface area contributed by atoms with Crippen molar-refractivity contribution in [1.82, 2.24) is 4.90 Å². The molecule has 3 N–H and O–H groups in total. The Morgan fingerprint density at radius 2 is 2.04 bits per heavy atom. The number of aryl methyl sites for hydroxylation is 1. The van der Waals surface area contributed by atoms with Crippen LogP contribution in [0.3, 0.4) is 0 Å². The molecule has 0 saturated heterocycles. The molecule has 1 aromatic carbocycles. The zero-order chi connectivity index (χ0) is 17.5. The Bertz CT molecular complexity index is 709. The Hall–Kier alpha value is -2.60. The van der Waals surface area contributed by atoms with Crippen molar-refractivity contribution in [3.8, 4) is 0 Å². The normalized spacial score (nSPS) is 10.5. The summed E-state index contributed by atoms with van der Waals surface area (Å²) in [6.45, 7) is 4.59. The summed E-state index contributed by atoms with van der Waals surface area (Å²) in [5.41, 5.74) is 7.63. The highest BCUT2D eigenvalue weighted by Gasteiger charge is 2.20. The molecular weight excluding hydrogens is 306 g/mol. The summed E-state index contributed by atoms with van der Waals surface area (Å²) in [6, 6.07) is 9.14. The zero-order valence-corrected chi connectivity index (χ0v) is 14.0. The van der Waals surface area contributed by atoms with E-state index in [0.29, 0.717) is 17.9 Å². The average Bonchev–Trinajstić information content (AvgIpc) is 3.05. The SMILES string of the molecule is CCCN(CC(=O)Nc1ccccc1C)C(=O)c1coc(CN)c1. The first kappa shape index (κ1) is 17.7. The number of amides is 2. The van der Waals surface area contributed by atoms with E-state index in [-0.39, 0.29) is 24.9 Å². The van der Waals surface area contributed by atoms with Crippen molar-refractivity contribution in [3.63, 3.8) is 0 Å². The fourth-order valence-electron chi connectivity index (χ4n) is 2.38. The van der Waals surface area contributed by atoms with E-state index in [9.17, 15) is 9.59 Å². The minimum absolute atomic E-state index is 0.00978. The van der Waals surface area contributed by atoms with Crippen LogP contribution >= 0.6 is 0 Å². The van der Waals surface area contributed by atoms with Gasteiger partial charge in [0, 0.05) is 12.2 Å². The number of nitrogens with zero attached hydrogens (tertiary/aromatic N) is 1. The van der Waals surface area contributed by atoms with Gasteiger partial charge in [-0.15, -0.1) is 0 Å². The first-order valence-electron chi connectivity index (χ1n) is 7.97. The van der Waals surface area contributed by atoms with E-state index in [4.69, 9.17) is 10.2 Å². The molecule has 0 atom stereocenters. The first-order chi connectivity index (χ1) is 11.5. The lowest BCUT2D eigenvalue weighted by atomic mass is 10.2. The van der Waals surface area contributed by atoms with Crippen LogP contribution in [-0.2, 0) is 11.3 Å². The second kappa shape index (κ2) is 8.31. The average molecular weight is 329 g/mol. The molecule has 0 unspecified atom stereocenters. The molecule has 0 saturated carbocycles. The van der Waals surface area contributed by atoms with Gasteiger partial charge in [0.05, 0.1) is 12.1 Å². The van der Waals surface area contributed by atoms with E-state index in [1.165, 1.54) is 11.2 Å². The Kier molecular flexibility index (Phi) is 6.14. The number of benzene rings is 1. The molecule has 2 aromatic rings. The van der Waals surface area contributed by atoms with E-state index in [1.807, 2.05) is 38.1 Å². The third-order valence-electron chi connectivity index (χ3n) is 3.64. The molecule has 0 aliphatic rings. The summed E-state index contributed by atoms with van der Waals surface area (Å²) in [6.07, 6.45) is 2.14. The van der Waals surface area contributed by atoms with Crippen molar-refractivity contribution in [2.45, 2.75) is 26.8 Å². The van der Waals surface area contributed by atoms with Gasteiger partial charge in [-0.3, -0.25) is 9.59 Å². The monoisotopic (exact) mass is 329 g/mol. The second-order valence-corrected chi connectivity index (χ2v) is 5.60. The minimum Gasteiger partial charge on any atom is -0.467 e. The molecular formula is C18H23N3O3. The van der Waals surface area contributed by atoms with Crippen LogP contribution in [0.4, 0.5) is 5.69 Å². The third kappa shape index (κ3) is 4.45. The zero-order valence-electron chi connectivity index (χ0n) is 14.0. The number of carbonyl (C=O) groups excluding carboxylic acids is 2. The van der Waals surface area contributed by atoms with Crippen molar-refractivity contribution in [2.24, 2.45) is 5.73 Å². The number of nitrogens with one attached hydrogen (secondary N) is 1. The predicted octanol–water partition coefficient (Wildman–Crippen LogP) is 2.54. The van der Waals surface area contributed by atoms with Gasteiger partial charge in [-0.05, 0) is 31.0 Å². The van der Waals surface area contributed by atoms with Gasteiger partial charge in [0.15, 0.2) is 0 Å². The number of hydrogen-bond donors (Lipinski definition) is 2. The number of hydrogen-bond acceptors (Lipinski definition) is 4. The maximum Gasteiger partial charge on any atom is 0.257 e. The molecule has 6 heteroatoms. The highest BCUT2D eigenvalue weighted by molar-refractivity contribution is 5.99. The van der Waals surface area contributed by atoms with Gasteiger partial charge >= 0.3 is 0 Å². The molecule has 0 aliphatic carbocycles. The van der Waals surface area contributed by atoms with E-state index in [1.54, 1.807) is 6.07 Å². The van der Waals surface area contributed by atoms with Crippen LogP contribution in [0.15, 0.2) is 41.0 Å². The Morgan fingerprint density at radius 1 is 1.29 bits per heavy atom. The van der Waals surface area contributed by atoms with Crippen LogP contribution in [0.2, 0.25) is 0 Å². The van der Waals surface area contributed by atoms with Crippen LogP contribution in [0, 0.1) is 6.92 Å². The summed E-state index contributed by atoms with van der Waals surface area (Å²) in [7, 11) is 0. The molecule has 2 rings (SSSR count). The third-order valence-corrected chi connectivity index (χ3v) is 3.64. The topological polar surface area (TPSA) is 88.6 Å². The molecule has 128 valence electrons. The van der Waals surface area contributed by atoms with Crippen molar-refractivity contribution >= 4 is 17.5 Å². The van der Waals surface area contributed by atoms with Crippen molar-refractivity contribution in [1.29, 1.82) is 0 Å². The highest BCUT2D eigenvalue weighted by atomic mass is 16.3. The number of furan rings is 1. The fraction of sp³-hybridized carbons (Fsp3) is 0.333. The first-order valence-corrected chi connectivity index (χ1v) is 7.97. The van der Waals surface area contributed by atoms with Crippen LogP contribution in [0.5, 0.6) is 0 Å². The lowest BCUT2D eigenvalue weighted by Gasteiger charge is -2.21. The molecule has 24 heavy (non-hydrogen) atoms. The van der Waals surface area contributed by atoms with E-state index < -0.39 is 0 Å². The van der Waals surface area contributed by atoms with Crippen LogP contribution in [-0.4, -0.2) is 29.8 Å². The number of nitrogens with two attached hydrogens (primary N) is 1. The maximum atomic E-state index is 12.6. The van der Waals surface area contributed by atoms with Crippen molar-refractivity contribution in [2.75, 3.05) is 18.4 Å². The van der Waals surface area contributed by atoms with E-state index >= 15 is 0 Å². The molecule has 0 fully saturated rings. The number of carbonyl (C=O) groups is 2. The van der Waals surface area contributed by atoms with E-state index in [0.717, 1.165) is 17.7 Å². The summed E-state index contributed by atoms with van der Waals surface area (Å²) >= 11 is 0. The minimum atomic E-state index is -0.236. The molecule has 2 amide bonds. The lowest BCUT2D eigenvalue weighted by molar-refractivity contribution is -0.116. The van der Waals surface area contributed by atoms with E-state index in [2.05, 4.69) is 5.32 Å². The van der Waals surface area contributed by atoms with Crippen LogP contribution in [0.25, 0.3) is 0 Å². The van der Waals surface area contributed by atoms with Crippen LogP contribution in [0.1, 0.15) is 35.0 Å². The molecule has 6 nitrogen and oxygen atoms in total. The molecule has 0 bridgehead atoms. The van der Waals surface area contributed by atoms with Crippen LogP contribution < -0.4 is 11.1 Å². The maximum absolute atomic E-state index is 12.6. The summed E-state index contributed by atoms with van der Waals surface area (Å²) in [5.74, 6) is 0.0769. The number of anilines is 1. The summed E-state index contributed by atoms with van der Waals surface area (Å²) in [4.78, 5) is 26.4. The fourth-order valence-corrected chi connectivity index (χ4v) is 2.38. The highest BCUT2D eigenvalue weighted by Crippen LogP contribution is 2.14. The standard InChI is InChI=1S/C18H23N3O3/c1-3-8-21(18(23)14-9-15(10-19)24-12-14)11-17(22)20-16-7-5-4-6-13(16)2/h4-7,9,12H,3,8,10-11,19H2,1-2H3,(H,20,22). The van der Waals surface area contributed by atoms with Gasteiger partial charge in [0.2, 0.25) is 5.91 Å². The second-order valence-electron chi connectivity index (χ2n) is 5.60. The van der Waals surface area contributed by atoms with Gasteiger partial charge in [-0.2, -0.15) is 0 Å². The largest absolute Gasteiger partial charge is 0.467 e. The Balaban J connectivity index is 2.05. The lowest BCUT2D eigenvalue weighted by Crippen LogP contribution is -2.38. The Morgan fingerprint density at radius 3 is 2.67 bits per heavy atom. The molecule has 1 heterocycles. The summed E-state index contributed by atoms with van der Waals surface area (Å²) < 4.78 is 5.21. The van der Waals surface area contributed by atoms with Crippen molar-refractivity contribution in [3.05, 3.63) is 53.5 Å². The molecule has 0 aliphatic heterocycles.